The average molecular weight is 508 g/mol. The summed E-state index contributed by atoms with van der Waals surface area (Å²) in [5, 5.41) is 10.3. The lowest BCUT2D eigenvalue weighted by atomic mass is 10.0. The number of thiocarbonyl (C=S) groups is 1. The van der Waals surface area contributed by atoms with E-state index in [2.05, 4.69) is 16.7 Å². The van der Waals surface area contributed by atoms with Gasteiger partial charge < -0.3 is 9.73 Å². The number of nitrogens with zero attached hydrogens (tertiary/aromatic N) is 1. The van der Waals surface area contributed by atoms with Crippen LogP contribution in [0.15, 0.2) is 101 Å². The van der Waals surface area contributed by atoms with Crippen LogP contribution in [0.1, 0.15) is 10.4 Å². The van der Waals surface area contributed by atoms with Crippen LogP contribution in [0, 0.1) is 0 Å². The Morgan fingerprint density at radius 3 is 2.53 bits per heavy atom. The molecule has 0 bridgehead atoms. The number of rotatable bonds is 3. The van der Waals surface area contributed by atoms with Crippen LogP contribution in [0.5, 0.6) is 0 Å². The number of fused-ring (bicyclic) bond motifs is 4. The van der Waals surface area contributed by atoms with Gasteiger partial charge in [0.05, 0.1) is 0 Å². The van der Waals surface area contributed by atoms with Crippen LogP contribution >= 0.6 is 23.8 Å². The Morgan fingerprint density at radius 2 is 1.61 bits per heavy atom. The minimum Gasteiger partial charge on any atom is -0.436 e. The Kier molecular flexibility index (Phi) is 5.60. The molecule has 5 aromatic carbocycles. The van der Waals surface area contributed by atoms with Crippen molar-refractivity contribution in [2.24, 2.45) is 0 Å². The summed E-state index contributed by atoms with van der Waals surface area (Å²) in [6, 6.07) is 30.5. The molecule has 0 radical (unpaired) electrons. The maximum absolute atomic E-state index is 13.0. The third-order valence-electron chi connectivity index (χ3n) is 5.99. The van der Waals surface area contributed by atoms with Gasteiger partial charge in [-0.2, -0.15) is 0 Å². The van der Waals surface area contributed by atoms with Gasteiger partial charge in [0.25, 0.3) is 5.91 Å². The number of anilines is 1. The van der Waals surface area contributed by atoms with Crippen molar-refractivity contribution in [1.29, 1.82) is 0 Å². The molecule has 0 aliphatic heterocycles. The molecule has 2 N–H and O–H groups in total. The molecule has 0 saturated heterocycles. The maximum Gasteiger partial charge on any atom is 0.258 e. The summed E-state index contributed by atoms with van der Waals surface area (Å²) in [6.45, 7) is 0. The molecule has 36 heavy (non-hydrogen) atoms. The van der Waals surface area contributed by atoms with Gasteiger partial charge in [-0.25, -0.2) is 4.98 Å². The first-order valence-electron chi connectivity index (χ1n) is 11.3. The van der Waals surface area contributed by atoms with Crippen LogP contribution < -0.4 is 10.6 Å². The minimum absolute atomic E-state index is 0.180. The Hall–Kier alpha value is -4.26. The van der Waals surface area contributed by atoms with Gasteiger partial charge in [0.1, 0.15) is 5.52 Å². The van der Waals surface area contributed by atoms with Gasteiger partial charge in [-0.3, -0.25) is 10.1 Å². The zero-order valence-electron chi connectivity index (χ0n) is 18.8. The van der Waals surface area contributed by atoms with E-state index in [1.165, 1.54) is 0 Å². The molecule has 0 saturated carbocycles. The van der Waals surface area contributed by atoms with Gasteiger partial charge >= 0.3 is 0 Å². The lowest BCUT2D eigenvalue weighted by Gasteiger charge is -2.12. The van der Waals surface area contributed by atoms with Gasteiger partial charge in [-0.05, 0) is 59.4 Å². The largest absolute Gasteiger partial charge is 0.436 e. The monoisotopic (exact) mass is 507 g/mol. The zero-order valence-corrected chi connectivity index (χ0v) is 20.4. The van der Waals surface area contributed by atoms with Crippen LogP contribution in [0.3, 0.4) is 0 Å². The third-order valence-corrected chi connectivity index (χ3v) is 6.53. The Bertz CT molecular complexity index is 1810. The number of benzene rings is 5. The van der Waals surface area contributed by atoms with E-state index in [1.807, 2.05) is 72.8 Å². The third kappa shape index (κ3) is 4.06. The first-order valence-corrected chi connectivity index (χ1v) is 12.0. The molecule has 1 heterocycles. The molecular formula is C29H18ClN3O2S. The predicted octanol–water partition coefficient (Wildman–Crippen LogP) is 7.58. The molecule has 0 fully saturated rings. The second kappa shape index (κ2) is 9.07. The van der Waals surface area contributed by atoms with E-state index in [9.17, 15) is 4.79 Å². The van der Waals surface area contributed by atoms with Crippen molar-refractivity contribution in [1.82, 2.24) is 10.3 Å². The Labute approximate surface area is 216 Å². The highest BCUT2D eigenvalue weighted by atomic mass is 35.5. The Morgan fingerprint density at radius 1 is 0.833 bits per heavy atom. The lowest BCUT2D eigenvalue weighted by Crippen LogP contribution is -2.34. The first-order chi connectivity index (χ1) is 17.6. The summed E-state index contributed by atoms with van der Waals surface area (Å²) in [5.41, 5.74) is 3.52. The standard InChI is InChI=1S/C29H18ClN3O2S/c30-24-13-5-10-21-22(24)11-4-12-23(21)27(34)33-29(36)31-19-8-3-7-18(16-19)28-32-26-20-9-2-1-6-17(20)14-15-25(26)35-28/h1-16H,(H2,31,33,34,36). The van der Waals surface area contributed by atoms with Gasteiger partial charge in [0.15, 0.2) is 10.7 Å². The molecule has 6 rings (SSSR count). The smallest absolute Gasteiger partial charge is 0.258 e. The molecule has 1 aromatic heterocycles. The number of carbonyl (C=O) groups excluding carboxylic acids is 1. The van der Waals surface area contributed by atoms with Crippen molar-refractivity contribution >= 4 is 73.2 Å². The van der Waals surface area contributed by atoms with E-state index in [0.717, 1.165) is 38.2 Å². The topological polar surface area (TPSA) is 67.2 Å². The van der Waals surface area contributed by atoms with E-state index in [0.29, 0.717) is 22.2 Å². The molecule has 0 atom stereocenters. The van der Waals surface area contributed by atoms with E-state index < -0.39 is 0 Å². The molecule has 0 spiro atoms. The van der Waals surface area contributed by atoms with Crippen LogP contribution in [-0.4, -0.2) is 16.0 Å². The molecule has 6 aromatic rings. The quantitative estimate of drug-likeness (QED) is 0.242. The number of aromatic nitrogens is 1. The minimum atomic E-state index is -0.317. The van der Waals surface area contributed by atoms with Gasteiger partial charge in [-0.1, -0.05) is 72.3 Å². The lowest BCUT2D eigenvalue weighted by molar-refractivity contribution is 0.0979. The summed E-state index contributed by atoms with van der Waals surface area (Å²) in [5.74, 6) is 0.190. The number of nitrogens with one attached hydrogen (secondary N) is 2. The summed E-state index contributed by atoms with van der Waals surface area (Å²) in [4.78, 5) is 17.7. The number of oxazole rings is 1. The van der Waals surface area contributed by atoms with Crippen molar-refractivity contribution in [2.45, 2.75) is 0 Å². The molecule has 174 valence electrons. The molecule has 0 aliphatic carbocycles. The second-order valence-corrected chi connectivity index (χ2v) is 9.10. The van der Waals surface area contributed by atoms with Crippen LogP contribution in [0.4, 0.5) is 5.69 Å². The summed E-state index contributed by atoms with van der Waals surface area (Å²) < 4.78 is 6.04. The zero-order chi connectivity index (χ0) is 24.6. The van der Waals surface area contributed by atoms with Crippen LogP contribution in [0.25, 0.3) is 44.1 Å². The molecule has 7 heteroatoms. The van der Waals surface area contributed by atoms with Crippen LogP contribution in [-0.2, 0) is 0 Å². The summed E-state index contributed by atoms with van der Waals surface area (Å²) in [7, 11) is 0. The average Bonchev–Trinajstić information content (AvgIpc) is 3.34. The Balaban J connectivity index is 1.24. The maximum atomic E-state index is 13.0. The van der Waals surface area contributed by atoms with Gasteiger partial charge in [0, 0.05) is 32.6 Å². The van der Waals surface area contributed by atoms with Crippen molar-refractivity contribution in [3.05, 3.63) is 108 Å². The number of amides is 1. The number of hydrogen-bond acceptors (Lipinski definition) is 4. The number of halogens is 1. The van der Waals surface area contributed by atoms with Crippen molar-refractivity contribution < 1.29 is 9.21 Å². The molecule has 5 nitrogen and oxygen atoms in total. The summed E-state index contributed by atoms with van der Waals surface area (Å²) in [6.07, 6.45) is 0. The fourth-order valence-electron chi connectivity index (χ4n) is 4.32. The van der Waals surface area contributed by atoms with Crippen molar-refractivity contribution in [2.75, 3.05) is 5.32 Å². The molecular weight excluding hydrogens is 490 g/mol. The van der Waals surface area contributed by atoms with E-state index in [-0.39, 0.29) is 11.0 Å². The highest BCUT2D eigenvalue weighted by Crippen LogP contribution is 2.31. The molecule has 0 unspecified atom stereocenters. The highest BCUT2D eigenvalue weighted by molar-refractivity contribution is 7.80. The fourth-order valence-corrected chi connectivity index (χ4v) is 4.77. The predicted molar refractivity (Wildman–Crippen MR) is 150 cm³/mol. The first kappa shape index (κ1) is 22.2. The molecule has 1 amide bonds. The number of carbonyl (C=O) groups is 1. The van der Waals surface area contributed by atoms with E-state index in [1.54, 1.807) is 18.2 Å². The van der Waals surface area contributed by atoms with E-state index in [4.69, 9.17) is 33.2 Å². The SMILES string of the molecule is O=C(NC(=S)Nc1cccc(-c2nc3c(ccc4ccccc43)o2)c1)c1cccc2c(Cl)cccc12. The highest BCUT2D eigenvalue weighted by Gasteiger charge is 2.14. The van der Waals surface area contributed by atoms with Gasteiger partial charge in [0.2, 0.25) is 5.89 Å². The fraction of sp³-hybridized carbons (Fsp3) is 0. The number of hydrogen-bond donors (Lipinski definition) is 2. The van der Waals surface area contributed by atoms with Crippen LogP contribution in [0.2, 0.25) is 5.02 Å². The summed E-state index contributed by atoms with van der Waals surface area (Å²) >= 11 is 11.7. The van der Waals surface area contributed by atoms with Crippen molar-refractivity contribution in [3.8, 4) is 11.5 Å². The molecule has 0 aliphatic rings. The normalized spacial score (nSPS) is 11.1. The second-order valence-electron chi connectivity index (χ2n) is 8.28. The van der Waals surface area contributed by atoms with Crippen molar-refractivity contribution in [3.63, 3.8) is 0 Å². The van der Waals surface area contributed by atoms with E-state index >= 15 is 0 Å². The van der Waals surface area contributed by atoms with Gasteiger partial charge in [-0.15, -0.1) is 0 Å².